The van der Waals surface area contributed by atoms with Gasteiger partial charge in [0.1, 0.15) is 30.0 Å². The molecule has 0 bridgehead atoms. The summed E-state index contributed by atoms with van der Waals surface area (Å²) in [6, 6.07) is 7.20. The van der Waals surface area contributed by atoms with Gasteiger partial charge in [0.25, 0.3) is 0 Å². The summed E-state index contributed by atoms with van der Waals surface area (Å²) in [7, 11) is 0. The van der Waals surface area contributed by atoms with Crippen LogP contribution in [0.3, 0.4) is 0 Å². The van der Waals surface area contributed by atoms with Gasteiger partial charge in [-0.3, -0.25) is 0 Å². The van der Waals surface area contributed by atoms with Crippen molar-refractivity contribution in [3.8, 4) is 29.0 Å². The van der Waals surface area contributed by atoms with Gasteiger partial charge >= 0.3 is 0 Å². The van der Waals surface area contributed by atoms with Crippen LogP contribution in [0.15, 0.2) is 43.2 Å². The second kappa shape index (κ2) is 6.58. The SMILES string of the molecule is C=CCOc1cc(OCC#N)ccc1-c1nc2nccnc2[nH]1. The minimum Gasteiger partial charge on any atom is -0.489 e. The Morgan fingerprint density at radius 3 is 2.91 bits per heavy atom. The van der Waals surface area contributed by atoms with Crippen molar-refractivity contribution in [1.29, 1.82) is 5.26 Å². The lowest BCUT2D eigenvalue weighted by Gasteiger charge is -2.10. The lowest BCUT2D eigenvalue weighted by molar-refractivity contribution is 0.348. The highest BCUT2D eigenvalue weighted by atomic mass is 16.5. The average Bonchev–Trinajstić information content (AvgIpc) is 3.02. The molecule has 0 aliphatic carbocycles. The summed E-state index contributed by atoms with van der Waals surface area (Å²) in [6.45, 7) is 3.95. The number of nitrogens with one attached hydrogen (secondary N) is 1. The molecule has 0 aliphatic heterocycles. The van der Waals surface area contributed by atoms with Crippen LogP contribution in [0.4, 0.5) is 0 Å². The zero-order chi connectivity index (χ0) is 16.1. The summed E-state index contributed by atoms with van der Waals surface area (Å²) in [5.41, 5.74) is 1.87. The maximum absolute atomic E-state index is 8.60. The van der Waals surface area contributed by atoms with Crippen LogP contribution in [-0.2, 0) is 0 Å². The fourth-order valence-corrected chi connectivity index (χ4v) is 2.05. The summed E-state index contributed by atoms with van der Waals surface area (Å²) in [6.07, 6.45) is 4.83. The van der Waals surface area contributed by atoms with Crippen LogP contribution < -0.4 is 9.47 Å². The van der Waals surface area contributed by atoms with Crippen LogP contribution in [0.1, 0.15) is 0 Å². The first-order chi connectivity index (χ1) is 11.3. The average molecular weight is 307 g/mol. The highest BCUT2D eigenvalue weighted by Gasteiger charge is 2.13. The van der Waals surface area contributed by atoms with Gasteiger partial charge in [0.2, 0.25) is 0 Å². The molecule has 0 saturated carbocycles. The smallest absolute Gasteiger partial charge is 0.197 e. The van der Waals surface area contributed by atoms with E-state index in [1.807, 2.05) is 12.1 Å². The molecule has 1 aromatic carbocycles. The highest BCUT2D eigenvalue weighted by molar-refractivity contribution is 5.75. The molecule has 0 aliphatic rings. The van der Waals surface area contributed by atoms with Gasteiger partial charge in [-0.05, 0) is 12.1 Å². The molecule has 0 amide bonds. The predicted octanol–water partition coefficient (Wildman–Crippen LogP) is 2.49. The number of hydrogen-bond donors (Lipinski definition) is 1. The van der Waals surface area contributed by atoms with E-state index in [2.05, 4.69) is 26.5 Å². The molecule has 23 heavy (non-hydrogen) atoms. The minimum atomic E-state index is -0.0290. The Morgan fingerprint density at radius 1 is 1.26 bits per heavy atom. The van der Waals surface area contributed by atoms with Crippen LogP contribution in [-0.4, -0.2) is 33.1 Å². The van der Waals surface area contributed by atoms with E-state index in [1.54, 1.807) is 30.6 Å². The molecule has 0 unspecified atom stereocenters. The van der Waals surface area contributed by atoms with Gasteiger partial charge in [-0.1, -0.05) is 12.7 Å². The van der Waals surface area contributed by atoms with Crippen LogP contribution in [0.5, 0.6) is 11.5 Å². The summed E-state index contributed by atoms with van der Waals surface area (Å²) in [5, 5.41) is 8.60. The summed E-state index contributed by atoms with van der Waals surface area (Å²) in [4.78, 5) is 15.9. The number of nitrogens with zero attached hydrogens (tertiary/aromatic N) is 4. The van der Waals surface area contributed by atoms with Crippen molar-refractivity contribution in [2.45, 2.75) is 0 Å². The number of ether oxygens (including phenoxy) is 2. The Balaban J connectivity index is 2.02. The van der Waals surface area contributed by atoms with Crippen molar-refractivity contribution in [3.05, 3.63) is 43.2 Å². The third kappa shape index (κ3) is 3.11. The van der Waals surface area contributed by atoms with Crippen molar-refractivity contribution < 1.29 is 9.47 Å². The van der Waals surface area contributed by atoms with Crippen LogP contribution in [0, 0.1) is 11.3 Å². The number of imidazole rings is 1. The highest BCUT2D eigenvalue weighted by Crippen LogP contribution is 2.32. The van der Waals surface area contributed by atoms with Gasteiger partial charge in [-0.25, -0.2) is 15.0 Å². The summed E-state index contributed by atoms with van der Waals surface area (Å²) in [5.74, 6) is 1.71. The van der Waals surface area contributed by atoms with Crippen LogP contribution in [0.25, 0.3) is 22.7 Å². The molecule has 7 heteroatoms. The first-order valence-electron chi connectivity index (χ1n) is 6.86. The van der Waals surface area contributed by atoms with Crippen molar-refractivity contribution in [3.63, 3.8) is 0 Å². The van der Waals surface area contributed by atoms with Crippen molar-refractivity contribution in [2.24, 2.45) is 0 Å². The number of H-pyrrole nitrogens is 1. The molecule has 2 heterocycles. The van der Waals surface area contributed by atoms with E-state index in [0.717, 1.165) is 5.56 Å². The molecule has 114 valence electrons. The second-order valence-corrected chi connectivity index (χ2v) is 4.52. The van der Waals surface area contributed by atoms with Crippen molar-refractivity contribution in [2.75, 3.05) is 13.2 Å². The van der Waals surface area contributed by atoms with E-state index in [0.29, 0.717) is 35.2 Å². The van der Waals surface area contributed by atoms with Gasteiger partial charge in [0.05, 0.1) is 5.56 Å². The molecule has 3 aromatic rings. The standard InChI is InChI=1S/C16H13N5O2/c1-2-8-23-13-10-11(22-9-5-17)3-4-12(13)14-20-15-16(21-14)19-7-6-18-15/h2-4,6-7,10H,1,8-9H2,(H,18,19,20,21). The van der Waals surface area contributed by atoms with E-state index in [4.69, 9.17) is 14.7 Å². The normalized spacial score (nSPS) is 10.2. The molecule has 3 rings (SSSR count). The van der Waals surface area contributed by atoms with Crippen molar-refractivity contribution in [1.82, 2.24) is 19.9 Å². The largest absolute Gasteiger partial charge is 0.489 e. The molecular weight excluding hydrogens is 294 g/mol. The Morgan fingerprint density at radius 2 is 2.13 bits per heavy atom. The monoisotopic (exact) mass is 307 g/mol. The maximum atomic E-state index is 8.60. The summed E-state index contributed by atoms with van der Waals surface area (Å²) >= 11 is 0. The topological polar surface area (TPSA) is 96.7 Å². The van der Waals surface area contributed by atoms with Gasteiger partial charge in [0, 0.05) is 18.5 Å². The molecule has 1 N–H and O–H groups in total. The number of nitriles is 1. The van der Waals surface area contributed by atoms with E-state index in [1.165, 1.54) is 0 Å². The quantitative estimate of drug-likeness (QED) is 0.703. The Kier molecular flexibility index (Phi) is 4.16. The number of aromatic nitrogens is 4. The maximum Gasteiger partial charge on any atom is 0.197 e. The zero-order valence-electron chi connectivity index (χ0n) is 12.2. The number of hydrogen-bond acceptors (Lipinski definition) is 6. The molecule has 0 saturated heterocycles. The lowest BCUT2D eigenvalue weighted by Crippen LogP contribution is -1.98. The third-order valence-corrected chi connectivity index (χ3v) is 3.00. The number of rotatable bonds is 6. The van der Waals surface area contributed by atoms with Crippen LogP contribution >= 0.6 is 0 Å². The Bertz CT molecular complexity index is 849. The fourth-order valence-electron chi connectivity index (χ4n) is 2.05. The number of fused-ring (bicyclic) bond motifs is 1. The molecule has 0 radical (unpaired) electrons. The molecular formula is C16H13N5O2. The predicted molar refractivity (Wildman–Crippen MR) is 83.9 cm³/mol. The van der Waals surface area contributed by atoms with Crippen molar-refractivity contribution >= 4 is 11.3 Å². The van der Waals surface area contributed by atoms with Gasteiger partial charge < -0.3 is 14.5 Å². The molecule has 0 atom stereocenters. The van der Waals surface area contributed by atoms with E-state index in [9.17, 15) is 0 Å². The van der Waals surface area contributed by atoms with E-state index >= 15 is 0 Å². The zero-order valence-corrected chi connectivity index (χ0v) is 12.2. The molecule has 2 aromatic heterocycles. The van der Waals surface area contributed by atoms with Gasteiger partial charge in [0.15, 0.2) is 17.9 Å². The summed E-state index contributed by atoms with van der Waals surface area (Å²) < 4.78 is 11.0. The third-order valence-electron chi connectivity index (χ3n) is 3.00. The number of benzene rings is 1. The first kappa shape index (κ1) is 14.5. The first-order valence-corrected chi connectivity index (χ1v) is 6.86. The molecule has 7 nitrogen and oxygen atoms in total. The Labute approximate surface area is 132 Å². The van der Waals surface area contributed by atoms with Gasteiger partial charge in [-0.15, -0.1) is 0 Å². The lowest BCUT2D eigenvalue weighted by atomic mass is 10.2. The van der Waals surface area contributed by atoms with E-state index in [-0.39, 0.29) is 6.61 Å². The van der Waals surface area contributed by atoms with E-state index < -0.39 is 0 Å². The minimum absolute atomic E-state index is 0.0290. The Hall–Kier alpha value is -3.40. The molecule has 0 spiro atoms. The van der Waals surface area contributed by atoms with Crippen LogP contribution in [0.2, 0.25) is 0 Å². The second-order valence-electron chi connectivity index (χ2n) is 4.52. The van der Waals surface area contributed by atoms with Gasteiger partial charge in [-0.2, -0.15) is 5.26 Å². The number of aromatic amines is 1. The molecule has 0 fully saturated rings. The fraction of sp³-hybridized carbons (Fsp3) is 0.125.